The Morgan fingerprint density at radius 1 is 1.07 bits per heavy atom. The number of carbonyl (C=O) groups excluding carboxylic acids is 1. The Balaban J connectivity index is 0.00000280. The highest BCUT2D eigenvalue weighted by molar-refractivity contribution is 5.85. The highest BCUT2D eigenvalue weighted by Gasteiger charge is 2.29. The molecule has 28 heavy (non-hydrogen) atoms. The Kier molecular flexibility index (Phi) is 8.81. The van der Waals surface area contributed by atoms with Gasteiger partial charge in [0.15, 0.2) is 0 Å². The molecule has 2 N–H and O–H groups in total. The van der Waals surface area contributed by atoms with Crippen molar-refractivity contribution in [1.29, 1.82) is 0 Å². The van der Waals surface area contributed by atoms with Crippen LogP contribution in [0.25, 0.3) is 0 Å². The Morgan fingerprint density at radius 2 is 1.79 bits per heavy atom. The number of benzene rings is 2. The fourth-order valence-electron chi connectivity index (χ4n) is 3.84. The number of methoxy groups -OCH3 is 1. The van der Waals surface area contributed by atoms with E-state index >= 15 is 0 Å². The topological polar surface area (TPSA) is 55.6 Å². The van der Waals surface area contributed by atoms with Crippen LogP contribution in [0.2, 0.25) is 0 Å². The van der Waals surface area contributed by atoms with Crippen molar-refractivity contribution in [2.24, 2.45) is 11.7 Å². The number of nitrogens with two attached hydrogens (primary N) is 1. The summed E-state index contributed by atoms with van der Waals surface area (Å²) >= 11 is 0. The third-order valence-corrected chi connectivity index (χ3v) is 5.42. The summed E-state index contributed by atoms with van der Waals surface area (Å²) in [6, 6.07) is 18.5. The van der Waals surface area contributed by atoms with Crippen molar-refractivity contribution in [2.45, 2.75) is 44.7 Å². The van der Waals surface area contributed by atoms with Gasteiger partial charge in [0.1, 0.15) is 5.75 Å². The van der Waals surface area contributed by atoms with E-state index in [1.807, 2.05) is 35.2 Å². The maximum absolute atomic E-state index is 13.2. The Morgan fingerprint density at radius 3 is 2.43 bits per heavy atom. The van der Waals surface area contributed by atoms with E-state index in [4.69, 9.17) is 10.5 Å². The molecule has 0 bridgehead atoms. The van der Waals surface area contributed by atoms with Crippen molar-refractivity contribution >= 4 is 18.3 Å². The first-order chi connectivity index (χ1) is 13.2. The number of carbonyl (C=O) groups is 1. The van der Waals surface area contributed by atoms with Crippen LogP contribution in [0.15, 0.2) is 54.6 Å². The maximum Gasteiger partial charge on any atom is 0.226 e. The van der Waals surface area contributed by atoms with Gasteiger partial charge in [-0.05, 0) is 48.9 Å². The van der Waals surface area contributed by atoms with Crippen LogP contribution >= 0.6 is 12.4 Å². The van der Waals surface area contributed by atoms with E-state index in [-0.39, 0.29) is 30.3 Å². The third kappa shape index (κ3) is 6.25. The summed E-state index contributed by atoms with van der Waals surface area (Å²) in [6.45, 7) is 1.37. The van der Waals surface area contributed by atoms with E-state index in [0.29, 0.717) is 13.1 Å². The SMILES string of the molecule is COc1ccc(CCN(Cc2ccccc2)C(=O)C2CCCC(N)C2)cc1.Cl. The molecule has 1 aliphatic carbocycles. The van der Waals surface area contributed by atoms with Gasteiger partial charge in [-0.25, -0.2) is 0 Å². The van der Waals surface area contributed by atoms with Crippen LogP contribution in [0, 0.1) is 5.92 Å². The summed E-state index contributed by atoms with van der Waals surface area (Å²) in [5.41, 5.74) is 8.50. The van der Waals surface area contributed by atoms with Crippen molar-refractivity contribution in [3.05, 3.63) is 65.7 Å². The second-order valence-electron chi connectivity index (χ2n) is 7.47. The Labute approximate surface area is 174 Å². The summed E-state index contributed by atoms with van der Waals surface area (Å²) in [7, 11) is 1.67. The molecule has 0 radical (unpaired) electrons. The van der Waals surface area contributed by atoms with E-state index in [0.717, 1.165) is 37.9 Å². The molecule has 152 valence electrons. The number of hydrogen-bond donors (Lipinski definition) is 1. The average molecular weight is 403 g/mol. The van der Waals surface area contributed by atoms with Crippen molar-refractivity contribution in [3.8, 4) is 5.75 Å². The summed E-state index contributed by atoms with van der Waals surface area (Å²) in [6.07, 6.45) is 4.69. The van der Waals surface area contributed by atoms with E-state index in [1.54, 1.807) is 7.11 Å². The van der Waals surface area contributed by atoms with Gasteiger partial charge in [-0.2, -0.15) is 0 Å². The molecule has 1 fully saturated rings. The first-order valence-electron chi connectivity index (χ1n) is 9.87. The molecular formula is C23H31ClN2O2. The second-order valence-corrected chi connectivity index (χ2v) is 7.47. The van der Waals surface area contributed by atoms with Crippen LogP contribution in [0.3, 0.4) is 0 Å². The van der Waals surface area contributed by atoms with Gasteiger partial charge >= 0.3 is 0 Å². The van der Waals surface area contributed by atoms with E-state index in [2.05, 4.69) is 24.3 Å². The van der Waals surface area contributed by atoms with Gasteiger partial charge in [-0.3, -0.25) is 4.79 Å². The molecule has 2 atom stereocenters. The van der Waals surface area contributed by atoms with Gasteiger partial charge in [0.2, 0.25) is 5.91 Å². The number of amides is 1. The predicted octanol–water partition coefficient (Wildman–Crippen LogP) is 4.21. The van der Waals surface area contributed by atoms with Crippen LogP contribution in [0.4, 0.5) is 0 Å². The van der Waals surface area contributed by atoms with Crippen LogP contribution < -0.4 is 10.5 Å². The second kappa shape index (κ2) is 11.1. The lowest BCUT2D eigenvalue weighted by Gasteiger charge is -2.31. The fourth-order valence-corrected chi connectivity index (χ4v) is 3.84. The molecule has 1 amide bonds. The predicted molar refractivity (Wildman–Crippen MR) is 116 cm³/mol. The largest absolute Gasteiger partial charge is 0.497 e. The first-order valence-corrected chi connectivity index (χ1v) is 9.87. The van der Waals surface area contributed by atoms with Crippen LogP contribution in [-0.2, 0) is 17.8 Å². The highest BCUT2D eigenvalue weighted by atomic mass is 35.5. The van der Waals surface area contributed by atoms with E-state index in [1.165, 1.54) is 11.1 Å². The third-order valence-electron chi connectivity index (χ3n) is 5.42. The fraction of sp³-hybridized carbons (Fsp3) is 0.435. The standard InChI is InChI=1S/C23H30N2O2.ClH/c1-27-22-12-10-18(11-13-22)14-15-25(17-19-6-3-2-4-7-19)23(26)20-8-5-9-21(24)16-20;/h2-4,6-7,10-13,20-21H,5,8-9,14-17,24H2,1H3;1H. The molecule has 4 nitrogen and oxygen atoms in total. The summed E-state index contributed by atoms with van der Waals surface area (Å²) in [5.74, 6) is 1.17. The van der Waals surface area contributed by atoms with Gasteiger partial charge in [-0.1, -0.05) is 48.9 Å². The number of nitrogens with zero attached hydrogens (tertiary/aromatic N) is 1. The zero-order valence-corrected chi connectivity index (χ0v) is 17.4. The van der Waals surface area contributed by atoms with Gasteiger partial charge < -0.3 is 15.4 Å². The minimum Gasteiger partial charge on any atom is -0.497 e. The quantitative estimate of drug-likeness (QED) is 0.754. The average Bonchev–Trinajstić information content (AvgIpc) is 2.71. The van der Waals surface area contributed by atoms with E-state index in [9.17, 15) is 4.79 Å². The van der Waals surface area contributed by atoms with Crippen molar-refractivity contribution in [2.75, 3.05) is 13.7 Å². The van der Waals surface area contributed by atoms with Crippen molar-refractivity contribution in [1.82, 2.24) is 4.90 Å². The maximum atomic E-state index is 13.2. The molecule has 1 saturated carbocycles. The molecule has 2 aromatic rings. The molecule has 2 unspecified atom stereocenters. The van der Waals surface area contributed by atoms with Crippen molar-refractivity contribution < 1.29 is 9.53 Å². The lowest BCUT2D eigenvalue weighted by Crippen LogP contribution is -2.41. The zero-order valence-electron chi connectivity index (χ0n) is 16.5. The molecule has 2 aromatic carbocycles. The zero-order chi connectivity index (χ0) is 19.1. The van der Waals surface area contributed by atoms with E-state index < -0.39 is 0 Å². The summed E-state index contributed by atoms with van der Waals surface area (Å²) < 4.78 is 5.23. The van der Waals surface area contributed by atoms with Crippen LogP contribution in [0.5, 0.6) is 5.75 Å². The van der Waals surface area contributed by atoms with Gasteiger partial charge in [0, 0.05) is 25.0 Å². The summed E-state index contributed by atoms with van der Waals surface area (Å²) in [4.78, 5) is 15.2. The molecule has 5 heteroatoms. The lowest BCUT2D eigenvalue weighted by atomic mass is 9.85. The summed E-state index contributed by atoms with van der Waals surface area (Å²) in [5, 5.41) is 0. The molecule has 0 heterocycles. The van der Waals surface area contributed by atoms with Crippen molar-refractivity contribution in [3.63, 3.8) is 0 Å². The van der Waals surface area contributed by atoms with Crippen LogP contribution in [0.1, 0.15) is 36.8 Å². The van der Waals surface area contributed by atoms with Gasteiger partial charge in [0.25, 0.3) is 0 Å². The molecular weight excluding hydrogens is 372 g/mol. The molecule has 3 rings (SSSR count). The van der Waals surface area contributed by atoms with Gasteiger partial charge in [0.05, 0.1) is 7.11 Å². The van der Waals surface area contributed by atoms with Gasteiger partial charge in [-0.15, -0.1) is 12.4 Å². The first kappa shape index (κ1) is 22.3. The molecule has 0 spiro atoms. The molecule has 0 aromatic heterocycles. The molecule has 0 aliphatic heterocycles. The monoisotopic (exact) mass is 402 g/mol. The number of halogens is 1. The Hall–Kier alpha value is -2.04. The van der Waals surface area contributed by atoms with Crippen LogP contribution in [-0.4, -0.2) is 30.5 Å². The smallest absolute Gasteiger partial charge is 0.226 e. The molecule has 1 aliphatic rings. The minimum atomic E-state index is 0. The Bertz CT molecular complexity index is 721. The normalized spacial score (nSPS) is 18.8. The lowest BCUT2D eigenvalue weighted by molar-refractivity contribution is -0.137. The number of hydrogen-bond acceptors (Lipinski definition) is 3. The number of rotatable bonds is 7. The molecule has 0 saturated heterocycles. The highest BCUT2D eigenvalue weighted by Crippen LogP contribution is 2.26. The minimum absolute atomic E-state index is 0. The number of ether oxygens (including phenoxy) is 1.